The largest absolute Gasteiger partial charge is 0.456 e. The highest BCUT2D eigenvalue weighted by molar-refractivity contribution is 9.10. The van der Waals surface area contributed by atoms with Gasteiger partial charge in [-0.2, -0.15) is 5.26 Å². The third-order valence-electron chi connectivity index (χ3n) is 2.15. The van der Waals surface area contributed by atoms with Gasteiger partial charge in [-0.25, -0.2) is 4.39 Å². The van der Waals surface area contributed by atoms with Crippen molar-refractivity contribution in [2.24, 2.45) is 0 Å². The Bertz CT molecular complexity index is 617. The molecule has 0 N–H and O–H groups in total. The summed E-state index contributed by atoms with van der Waals surface area (Å²) in [4.78, 5) is 0. The fourth-order valence-corrected chi connectivity index (χ4v) is 2.29. The molecule has 0 spiro atoms. The van der Waals surface area contributed by atoms with Crippen molar-refractivity contribution < 1.29 is 9.13 Å². The van der Waals surface area contributed by atoms with Crippen molar-refractivity contribution in [3.05, 3.63) is 56.7 Å². The lowest BCUT2D eigenvalue weighted by molar-refractivity contribution is 0.474. The Hall–Kier alpha value is -1.38. The van der Waals surface area contributed by atoms with E-state index in [4.69, 9.17) is 10.00 Å². The second kappa shape index (κ2) is 5.51. The first-order valence-electron chi connectivity index (χ1n) is 4.92. The molecule has 5 heteroatoms. The Balaban J connectivity index is 2.40. The molecule has 2 rings (SSSR count). The molecule has 0 aromatic heterocycles. The molecule has 2 nitrogen and oxygen atoms in total. The minimum absolute atomic E-state index is 0.330. The van der Waals surface area contributed by atoms with E-state index in [2.05, 4.69) is 31.9 Å². The zero-order chi connectivity index (χ0) is 13.1. The Morgan fingerprint density at radius 3 is 2.61 bits per heavy atom. The van der Waals surface area contributed by atoms with Gasteiger partial charge in [0.25, 0.3) is 0 Å². The molecular formula is C13H6Br2FNO. The summed E-state index contributed by atoms with van der Waals surface area (Å²) in [5, 5.41) is 9.04. The number of hydrogen-bond donors (Lipinski definition) is 0. The summed E-state index contributed by atoms with van der Waals surface area (Å²) in [5.74, 6) is 0.300. The van der Waals surface area contributed by atoms with Gasteiger partial charge in [0.05, 0.1) is 0 Å². The van der Waals surface area contributed by atoms with Crippen LogP contribution in [0, 0.1) is 17.1 Å². The molecule has 90 valence electrons. The predicted molar refractivity (Wildman–Crippen MR) is 73.0 cm³/mol. The molecule has 0 radical (unpaired) electrons. The van der Waals surface area contributed by atoms with Gasteiger partial charge in [0.2, 0.25) is 0 Å². The van der Waals surface area contributed by atoms with E-state index in [1.54, 1.807) is 24.3 Å². The first-order valence-corrected chi connectivity index (χ1v) is 6.51. The molecule has 0 aliphatic heterocycles. The third kappa shape index (κ3) is 2.89. The quantitative estimate of drug-likeness (QED) is 0.743. The van der Waals surface area contributed by atoms with E-state index in [9.17, 15) is 4.39 Å². The second-order valence-electron chi connectivity index (χ2n) is 3.43. The van der Waals surface area contributed by atoms with E-state index in [-0.39, 0.29) is 0 Å². The van der Waals surface area contributed by atoms with Gasteiger partial charge < -0.3 is 4.74 Å². The molecule has 0 bridgehead atoms. The maximum Gasteiger partial charge on any atom is 0.146 e. The summed E-state index contributed by atoms with van der Waals surface area (Å²) in [6.45, 7) is 0. The van der Waals surface area contributed by atoms with Gasteiger partial charge in [-0.1, -0.05) is 22.0 Å². The van der Waals surface area contributed by atoms with Crippen molar-refractivity contribution in [3.8, 4) is 17.6 Å². The van der Waals surface area contributed by atoms with E-state index >= 15 is 0 Å². The van der Waals surface area contributed by atoms with Gasteiger partial charge >= 0.3 is 0 Å². The highest BCUT2D eigenvalue weighted by Gasteiger charge is 2.09. The summed E-state index contributed by atoms with van der Waals surface area (Å²) < 4.78 is 19.9. The topological polar surface area (TPSA) is 33.0 Å². The molecule has 0 saturated carbocycles. The molecule has 0 atom stereocenters. The molecule has 0 amide bonds. The smallest absolute Gasteiger partial charge is 0.146 e. The molecule has 0 saturated heterocycles. The fourth-order valence-electron chi connectivity index (χ4n) is 1.41. The molecule has 0 fully saturated rings. The van der Waals surface area contributed by atoms with Gasteiger partial charge in [0.1, 0.15) is 28.9 Å². The van der Waals surface area contributed by atoms with Crippen LogP contribution in [0.4, 0.5) is 4.39 Å². The molecule has 0 unspecified atom stereocenters. The van der Waals surface area contributed by atoms with E-state index < -0.39 is 5.82 Å². The van der Waals surface area contributed by atoms with Crippen LogP contribution in [0.2, 0.25) is 0 Å². The van der Waals surface area contributed by atoms with Gasteiger partial charge in [-0.3, -0.25) is 0 Å². The Labute approximate surface area is 120 Å². The molecule has 0 aliphatic rings. The average molecular weight is 371 g/mol. The summed E-state index contributed by atoms with van der Waals surface area (Å²) in [7, 11) is 0. The highest BCUT2D eigenvalue weighted by atomic mass is 79.9. The van der Waals surface area contributed by atoms with Crippen LogP contribution in [0.5, 0.6) is 11.5 Å². The molecule has 2 aromatic rings. The van der Waals surface area contributed by atoms with Crippen LogP contribution in [0.15, 0.2) is 45.3 Å². The van der Waals surface area contributed by atoms with E-state index in [1.807, 2.05) is 6.07 Å². The van der Waals surface area contributed by atoms with Crippen LogP contribution in [0.3, 0.4) is 0 Å². The number of nitriles is 1. The van der Waals surface area contributed by atoms with Crippen molar-refractivity contribution in [2.75, 3.05) is 0 Å². The monoisotopic (exact) mass is 369 g/mol. The Morgan fingerprint density at radius 1 is 1.17 bits per heavy atom. The number of rotatable bonds is 2. The van der Waals surface area contributed by atoms with Crippen LogP contribution in [0.25, 0.3) is 0 Å². The van der Waals surface area contributed by atoms with Crippen molar-refractivity contribution in [2.45, 2.75) is 0 Å². The lowest BCUT2D eigenvalue weighted by atomic mass is 10.2. The van der Waals surface area contributed by atoms with Crippen molar-refractivity contribution >= 4 is 31.9 Å². The summed E-state index contributed by atoms with van der Waals surface area (Å²) in [5.41, 5.74) is 0.373. The molecule has 0 heterocycles. The fraction of sp³-hybridized carbons (Fsp3) is 0. The zero-order valence-corrected chi connectivity index (χ0v) is 12.1. The number of nitrogens with zero attached hydrogens (tertiary/aromatic N) is 1. The number of hydrogen-bond acceptors (Lipinski definition) is 2. The molecule has 2 aromatic carbocycles. The lowest BCUT2D eigenvalue weighted by Crippen LogP contribution is -1.90. The molecular weight excluding hydrogens is 365 g/mol. The van der Waals surface area contributed by atoms with Crippen molar-refractivity contribution in [3.63, 3.8) is 0 Å². The third-order valence-corrected chi connectivity index (χ3v) is 3.27. The number of ether oxygens (including phenoxy) is 1. The number of halogens is 3. The Kier molecular flexibility index (Phi) is 4.00. The van der Waals surface area contributed by atoms with Gasteiger partial charge in [-0.15, -0.1) is 0 Å². The van der Waals surface area contributed by atoms with E-state index in [0.717, 1.165) is 0 Å². The lowest BCUT2D eigenvalue weighted by Gasteiger charge is -2.08. The van der Waals surface area contributed by atoms with E-state index in [1.165, 1.54) is 12.1 Å². The zero-order valence-electron chi connectivity index (χ0n) is 8.95. The minimum Gasteiger partial charge on any atom is -0.456 e. The first-order chi connectivity index (χ1) is 8.60. The van der Waals surface area contributed by atoms with Gasteiger partial charge in [-0.05, 0) is 40.2 Å². The van der Waals surface area contributed by atoms with Crippen LogP contribution in [-0.4, -0.2) is 0 Å². The summed E-state index contributed by atoms with van der Waals surface area (Å²) >= 11 is 6.45. The predicted octanol–water partition coefficient (Wildman–Crippen LogP) is 5.01. The molecule has 0 aliphatic carbocycles. The number of benzene rings is 2. The van der Waals surface area contributed by atoms with Crippen molar-refractivity contribution in [1.82, 2.24) is 0 Å². The minimum atomic E-state index is -0.409. The van der Waals surface area contributed by atoms with Crippen molar-refractivity contribution in [1.29, 1.82) is 5.26 Å². The highest BCUT2D eigenvalue weighted by Crippen LogP contribution is 2.31. The van der Waals surface area contributed by atoms with E-state index in [0.29, 0.717) is 26.0 Å². The van der Waals surface area contributed by atoms with Crippen LogP contribution in [-0.2, 0) is 0 Å². The van der Waals surface area contributed by atoms with Crippen LogP contribution < -0.4 is 4.74 Å². The normalized spacial score (nSPS) is 9.89. The maximum atomic E-state index is 13.2. The first kappa shape index (κ1) is 13.1. The summed E-state index contributed by atoms with van der Waals surface area (Å²) in [6.07, 6.45) is 0. The standard InChI is InChI=1S/C13H6Br2FNO/c14-8-4-9(16)6-10(5-8)18-13-3-1-2-12(15)11(13)7-17/h1-6H. The van der Waals surface area contributed by atoms with Crippen LogP contribution in [0.1, 0.15) is 5.56 Å². The Morgan fingerprint density at radius 2 is 1.94 bits per heavy atom. The SMILES string of the molecule is N#Cc1c(Br)cccc1Oc1cc(F)cc(Br)c1. The van der Waals surface area contributed by atoms with Gasteiger partial charge in [0.15, 0.2) is 0 Å². The average Bonchev–Trinajstić information content (AvgIpc) is 2.27. The second-order valence-corrected chi connectivity index (χ2v) is 5.20. The van der Waals surface area contributed by atoms with Crippen LogP contribution >= 0.6 is 31.9 Å². The molecule has 18 heavy (non-hydrogen) atoms. The van der Waals surface area contributed by atoms with Gasteiger partial charge in [0, 0.05) is 15.0 Å². The summed E-state index contributed by atoms with van der Waals surface area (Å²) in [6, 6.07) is 11.4. The maximum absolute atomic E-state index is 13.2.